The van der Waals surface area contributed by atoms with Crippen LogP contribution in [-0.4, -0.2) is 22.0 Å². The molecule has 1 unspecified atom stereocenters. The Balaban J connectivity index is 2.19. The molecule has 0 saturated heterocycles. The van der Waals surface area contributed by atoms with Gasteiger partial charge in [0, 0.05) is 11.8 Å². The number of pyridine rings is 1. The van der Waals surface area contributed by atoms with E-state index in [1.165, 1.54) is 12.3 Å². The maximum Gasteiger partial charge on any atom is 0.358 e. The van der Waals surface area contributed by atoms with Crippen molar-refractivity contribution >= 4 is 11.9 Å². The third kappa shape index (κ3) is 3.16. The number of hydrogen-bond donors (Lipinski definition) is 1. The molecule has 0 aliphatic rings. The molecule has 1 N–H and O–H groups in total. The second-order valence-electron chi connectivity index (χ2n) is 3.75. The molecule has 5 nitrogen and oxygen atoms in total. The summed E-state index contributed by atoms with van der Waals surface area (Å²) in [5.41, 5.74) is 0.476. The quantitative estimate of drug-likeness (QED) is 0.848. The topological polar surface area (TPSA) is 76.5 Å². The number of esters is 1. The largest absolute Gasteiger partial charge is 0.478 e. The lowest BCUT2D eigenvalue weighted by Gasteiger charge is -2.13. The number of carbonyl (C=O) groups is 2. The minimum atomic E-state index is -1.34. The van der Waals surface area contributed by atoms with E-state index in [-0.39, 0.29) is 5.69 Å². The van der Waals surface area contributed by atoms with Crippen LogP contribution in [0.15, 0.2) is 54.7 Å². The van der Waals surface area contributed by atoms with Gasteiger partial charge in [-0.05, 0) is 12.1 Å². The molecule has 0 aliphatic carbocycles. The zero-order valence-corrected chi connectivity index (χ0v) is 9.89. The van der Waals surface area contributed by atoms with Crippen LogP contribution in [0, 0.1) is 0 Å². The number of carboxylic acid groups (broad SMARTS) is 1. The number of rotatable bonds is 4. The van der Waals surface area contributed by atoms with E-state index in [2.05, 4.69) is 4.98 Å². The highest BCUT2D eigenvalue weighted by molar-refractivity contribution is 5.89. The van der Waals surface area contributed by atoms with Gasteiger partial charge in [-0.15, -0.1) is 0 Å². The molecule has 5 heteroatoms. The zero-order valence-electron chi connectivity index (χ0n) is 9.89. The van der Waals surface area contributed by atoms with Crippen molar-refractivity contribution in [1.82, 2.24) is 4.98 Å². The van der Waals surface area contributed by atoms with E-state index in [4.69, 9.17) is 9.84 Å². The molecule has 19 heavy (non-hydrogen) atoms. The van der Waals surface area contributed by atoms with E-state index >= 15 is 0 Å². The summed E-state index contributed by atoms with van der Waals surface area (Å²) in [4.78, 5) is 26.8. The summed E-state index contributed by atoms with van der Waals surface area (Å²) in [5.74, 6) is -1.99. The van der Waals surface area contributed by atoms with Gasteiger partial charge >= 0.3 is 11.9 Å². The number of aliphatic carboxylic acids is 1. The van der Waals surface area contributed by atoms with Crippen molar-refractivity contribution in [2.75, 3.05) is 0 Å². The van der Waals surface area contributed by atoms with Crippen LogP contribution in [0.4, 0.5) is 0 Å². The fourth-order valence-electron chi connectivity index (χ4n) is 1.54. The lowest BCUT2D eigenvalue weighted by Crippen LogP contribution is -2.20. The maximum atomic E-state index is 11.8. The second-order valence-corrected chi connectivity index (χ2v) is 3.75. The number of hydrogen-bond acceptors (Lipinski definition) is 4. The molecule has 0 fully saturated rings. The van der Waals surface area contributed by atoms with Crippen molar-refractivity contribution in [1.29, 1.82) is 0 Å². The summed E-state index contributed by atoms with van der Waals surface area (Å²) in [7, 11) is 0. The molecule has 2 aromatic rings. The van der Waals surface area contributed by atoms with Crippen LogP contribution in [0.25, 0.3) is 0 Å². The van der Waals surface area contributed by atoms with Gasteiger partial charge in [-0.2, -0.15) is 0 Å². The van der Waals surface area contributed by atoms with Crippen molar-refractivity contribution in [2.45, 2.75) is 6.10 Å². The smallest absolute Gasteiger partial charge is 0.358 e. The number of benzene rings is 1. The number of carboxylic acids is 1. The van der Waals surface area contributed by atoms with Gasteiger partial charge in [0.05, 0.1) is 0 Å². The Morgan fingerprint density at radius 2 is 1.74 bits per heavy atom. The van der Waals surface area contributed by atoms with Crippen molar-refractivity contribution in [3.8, 4) is 0 Å². The molecule has 2 rings (SSSR count). The average molecular weight is 257 g/mol. The zero-order chi connectivity index (χ0) is 13.7. The van der Waals surface area contributed by atoms with Crippen molar-refractivity contribution in [3.63, 3.8) is 0 Å². The van der Waals surface area contributed by atoms with Crippen LogP contribution in [-0.2, 0) is 9.53 Å². The van der Waals surface area contributed by atoms with Gasteiger partial charge in [-0.25, -0.2) is 14.6 Å². The molecule has 0 aliphatic heterocycles. The van der Waals surface area contributed by atoms with E-state index in [1.807, 2.05) is 0 Å². The number of carbonyl (C=O) groups excluding carboxylic acids is 1. The van der Waals surface area contributed by atoms with Crippen LogP contribution in [0.2, 0.25) is 0 Å². The molecule has 1 heterocycles. The standard InChI is InChI=1S/C14H11NO4/c16-13(17)12(10-6-2-1-3-7-10)19-14(18)11-8-4-5-9-15-11/h1-9,12H,(H,16,17). The summed E-state index contributed by atoms with van der Waals surface area (Å²) in [6.07, 6.45) is 0.102. The SMILES string of the molecule is O=C(OC(C(=O)O)c1ccccc1)c1ccccn1. The van der Waals surface area contributed by atoms with Crippen molar-refractivity contribution < 1.29 is 19.4 Å². The Labute approximate surface area is 109 Å². The predicted octanol–water partition coefficient (Wildman–Crippen LogP) is 2.06. The minimum Gasteiger partial charge on any atom is -0.478 e. The average Bonchev–Trinajstić information content (AvgIpc) is 2.46. The lowest BCUT2D eigenvalue weighted by molar-refractivity contribution is -0.147. The van der Waals surface area contributed by atoms with E-state index in [0.29, 0.717) is 5.56 Å². The van der Waals surface area contributed by atoms with Crippen molar-refractivity contribution in [3.05, 3.63) is 66.0 Å². The highest BCUT2D eigenvalue weighted by Crippen LogP contribution is 2.18. The third-order valence-corrected chi connectivity index (χ3v) is 2.43. The lowest BCUT2D eigenvalue weighted by atomic mass is 10.1. The van der Waals surface area contributed by atoms with Crippen LogP contribution in [0.1, 0.15) is 22.2 Å². The van der Waals surface area contributed by atoms with E-state index in [9.17, 15) is 9.59 Å². The summed E-state index contributed by atoms with van der Waals surface area (Å²) < 4.78 is 4.98. The third-order valence-electron chi connectivity index (χ3n) is 2.43. The molecule has 0 saturated carbocycles. The Bertz CT molecular complexity index is 569. The molecule has 1 aromatic heterocycles. The molecule has 0 radical (unpaired) electrons. The first-order valence-corrected chi connectivity index (χ1v) is 5.58. The van der Waals surface area contributed by atoms with Crippen LogP contribution < -0.4 is 0 Å². The predicted molar refractivity (Wildman–Crippen MR) is 66.5 cm³/mol. The minimum absolute atomic E-state index is 0.0738. The summed E-state index contributed by atoms with van der Waals surface area (Å²) in [6, 6.07) is 13.0. The number of nitrogens with zero attached hydrogens (tertiary/aromatic N) is 1. The summed E-state index contributed by atoms with van der Waals surface area (Å²) in [6.45, 7) is 0. The first kappa shape index (κ1) is 12.8. The monoisotopic (exact) mass is 257 g/mol. The second kappa shape index (κ2) is 5.77. The van der Waals surface area contributed by atoms with Crippen molar-refractivity contribution in [2.24, 2.45) is 0 Å². The molecule has 0 spiro atoms. The fourth-order valence-corrected chi connectivity index (χ4v) is 1.54. The molecule has 96 valence electrons. The molecular weight excluding hydrogens is 246 g/mol. The van der Waals surface area contributed by atoms with Gasteiger partial charge < -0.3 is 9.84 Å². The van der Waals surface area contributed by atoms with E-state index < -0.39 is 18.0 Å². The highest BCUT2D eigenvalue weighted by atomic mass is 16.6. The van der Waals surface area contributed by atoms with E-state index in [1.54, 1.807) is 42.5 Å². The summed E-state index contributed by atoms with van der Waals surface area (Å²) >= 11 is 0. The van der Waals surface area contributed by atoms with Crippen LogP contribution in [0.5, 0.6) is 0 Å². The highest BCUT2D eigenvalue weighted by Gasteiger charge is 2.25. The fraction of sp³-hybridized carbons (Fsp3) is 0.0714. The van der Waals surface area contributed by atoms with Gasteiger partial charge in [-0.3, -0.25) is 0 Å². The van der Waals surface area contributed by atoms with Gasteiger partial charge in [0.25, 0.3) is 0 Å². The van der Waals surface area contributed by atoms with E-state index in [0.717, 1.165) is 0 Å². The maximum absolute atomic E-state index is 11.8. The molecule has 1 aromatic carbocycles. The Morgan fingerprint density at radius 1 is 1.05 bits per heavy atom. The Kier molecular flexibility index (Phi) is 3.87. The number of ether oxygens (including phenoxy) is 1. The molecule has 0 bridgehead atoms. The van der Waals surface area contributed by atoms with Gasteiger partial charge in [-0.1, -0.05) is 36.4 Å². The first-order valence-electron chi connectivity index (χ1n) is 5.58. The summed E-state index contributed by atoms with van der Waals surface area (Å²) in [5, 5.41) is 9.12. The molecule has 1 atom stereocenters. The molecule has 0 amide bonds. The normalized spacial score (nSPS) is 11.6. The molecular formula is C14H11NO4. The Hall–Kier alpha value is -2.69. The Morgan fingerprint density at radius 3 is 2.32 bits per heavy atom. The van der Waals surface area contributed by atoms with Crippen LogP contribution >= 0.6 is 0 Å². The van der Waals surface area contributed by atoms with Gasteiger partial charge in [0.15, 0.2) is 0 Å². The number of aromatic nitrogens is 1. The van der Waals surface area contributed by atoms with Gasteiger partial charge in [0.1, 0.15) is 5.69 Å². The van der Waals surface area contributed by atoms with Crippen LogP contribution in [0.3, 0.4) is 0 Å². The van der Waals surface area contributed by atoms with Gasteiger partial charge in [0.2, 0.25) is 6.10 Å². The first-order chi connectivity index (χ1) is 9.18.